The molecule has 3 heterocycles. The second kappa shape index (κ2) is 9.70. The van der Waals surface area contributed by atoms with Gasteiger partial charge >= 0.3 is 0 Å². The van der Waals surface area contributed by atoms with E-state index in [0.717, 1.165) is 5.56 Å². The SMILES string of the molecule is O=C(/C=C\c1ccc2c(c1)OCO2)NCCn1ncc2c(=O)n(Cc3cccc([N+](=O)[O-])c3)cnc21. The lowest BCUT2D eigenvalue weighted by atomic mass is 10.2. The lowest BCUT2D eigenvalue weighted by Gasteiger charge is -2.07. The molecule has 0 radical (unpaired) electrons. The van der Waals surface area contributed by atoms with Crippen LogP contribution in [0, 0.1) is 10.1 Å². The van der Waals surface area contributed by atoms with Gasteiger partial charge in [0.05, 0.1) is 24.2 Å². The van der Waals surface area contributed by atoms with Gasteiger partial charge in [0.1, 0.15) is 11.7 Å². The van der Waals surface area contributed by atoms with E-state index in [2.05, 4.69) is 15.4 Å². The largest absolute Gasteiger partial charge is 0.454 e. The topological polar surface area (TPSA) is 143 Å². The van der Waals surface area contributed by atoms with Crippen molar-refractivity contribution in [2.24, 2.45) is 0 Å². The average molecular weight is 488 g/mol. The molecule has 182 valence electrons. The number of ether oxygens (including phenoxy) is 2. The molecule has 0 fully saturated rings. The van der Waals surface area contributed by atoms with Crippen LogP contribution in [0.1, 0.15) is 11.1 Å². The van der Waals surface area contributed by atoms with Gasteiger partial charge in [-0.15, -0.1) is 0 Å². The molecule has 1 aliphatic rings. The Morgan fingerprint density at radius 2 is 2.06 bits per heavy atom. The number of benzene rings is 2. The predicted molar refractivity (Wildman–Crippen MR) is 129 cm³/mol. The van der Waals surface area contributed by atoms with E-state index < -0.39 is 4.92 Å². The van der Waals surface area contributed by atoms with Gasteiger partial charge in [0, 0.05) is 24.8 Å². The van der Waals surface area contributed by atoms with E-state index in [1.165, 1.54) is 40.0 Å². The number of carbonyl (C=O) groups is 1. The molecule has 4 aromatic rings. The molecule has 36 heavy (non-hydrogen) atoms. The molecule has 2 aromatic heterocycles. The van der Waals surface area contributed by atoms with Gasteiger partial charge in [0.15, 0.2) is 17.1 Å². The lowest BCUT2D eigenvalue weighted by Crippen LogP contribution is -2.26. The van der Waals surface area contributed by atoms with E-state index in [1.807, 2.05) is 6.07 Å². The van der Waals surface area contributed by atoms with Crippen molar-refractivity contribution < 1.29 is 19.2 Å². The first kappa shape index (κ1) is 22.8. The summed E-state index contributed by atoms with van der Waals surface area (Å²) in [5.74, 6) is 1.03. The van der Waals surface area contributed by atoms with Crippen LogP contribution < -0.4 is 20.3 Å². The number of nitrogens with zero attached hydrogens (tertiary/aromatic N) is 5. The Morgan fingerprint density at radius 1 is 1.19 bits per heavy atom. The van der Waals surface area contributed by atoms with Crippen molar-refractivity contribution in [3.8, 4) is 11.5 Å². The summed E-state index contributed by atoms with van der Waals surface area (Å²) < 4.78 is 13.5. The molecule has 0 unspecified atom stereocenters. The number of non-ortho nitro benzene ring substituents is 1. The Kier molecular flexibility index (Phi) is 6.14. The fraction of sp³-hybridized carbons (Fsp3) is 0.167. The van der Waals surface area contributed by atoms with Gasteiger partial charge in [-0.05, 0) is 29.3 Å². The number of carbonyl (C=O) groups excluding carboxylic acids is 1. The van der Waals surface area contributed by atoms with E-state index in [-0.39, 0.29) is 37.0 Å². The summed E-state index contributed by atoms with van der Waals surface area (Å²) in [6.07, 6.45) is 5.90. The summed E-state index contributed by atoms with van der Waals surface area (Å²) in [6.45, 7) is 0.917. The molecule has 1 aliphatic heterocycles. The predicted octanol–water partition coefficient (Wildman–Crippen LogP) is 2.11. The van der Waals surface area contributed by atoms with E-state index in [9.17, 15) is 19.7 Å². The molecule has 12 heteroatoms. The minimum atomic E-state index is -0.482. The highest BCUT2D eigenvalue weighted by Crippen LogP contribution is 2.32. The number of nitro groups is 1. The number of hydrogen-bond acceptors (Lipinski definition) is 8. The van der Waals surface area contributed by atoms with Crippen LogP contribution in [0.25, 0.3) is 17.1 Å². The van der Waals surface area contributed by atoms with Crippen molar-refractivity contribution in [2.45, 2.75) is 13.1 Å². The third kappa shape index (κ3) is 4.78. The maximum absolute atomic E-state index is 12.9. The summed E-state index contributed by atoms with van der Waals surface area (Å²) in [7, 11) is 0. The highest BCUT2D eigenvalue weighted by molar-refractivity contribution is 5.91. The van der Waals surface area contributed by atoms with Crippen LogP contribution in [0.4, 0.5) is 5.69 Å². The molecular formula is C24H20N6O6. The van der Waals surface area contributed by atoms with Crippen LogP contribution in [0.3, 0.4) is 0 Å². The van der Waals surface area contributed by atoms with Crippen LogP contribution in [-0.4, -0.2) is 43.5 Å². The Labute approximate surface area is 203 Å². The van der Waals surface area contributed by atoms with Crippen LogP contribution in [0.15, 0.2) is 65.9 Å². The summed E-state index contributed by atoms with van der Waals surface area (Å²) in [5.41, 5.74) is 1.44. The molecule has 5 rings (SSSR count). The Bertz CT molecular complexity index is 1560. The molecule has 0 saturated carbocycles. The monoisotopic (exact) mass is 488 g/mol. The van der Waals surface area contributed by atoms with Gasteiger partial charge in [0.2, 0.25) is 12.7 Å². The molecule has 1 N–H and O–H groups in total. The highest BCUT2D eigenvalue weighted by Gasteiger charge is 2.13. The molecule has 0 bridgehead atoms. The number of rotatable bonds is 8. The van der Waals surface area contributed by atoms with E-state index in [4.69, 9.17) is 9.47 Å². The van der Waals surface area contributed by atoms with Gasteiger partial charge in [-0.25, -0.2) is 9.67 Å². The number of aromatic nitrogens is 4. The smallest absolute Gasteiger partial charge is 0.269 e. The molecule has 0 atom stereocenters. The first-order valence-electron chi connectivity index (χ1n) is 11.0. The second-order valence-electron chi connectivity index (χ2n) is 7.95. The minimum Gasteiger partial charge on any atom is -0.454 e. The summed E-state index contributed by atoms with van der Waals surface area (Å²) in [6, 6.07) is 11.5. The maximum atomic E-state index is 12.9. The van der Waals surface area contributed by atoms with E-state index >= 15 is 0 Å². The highest BCUT2D eigenvalue weighted by atomic mass is 16.7. The van der Waals surface area contributed by atoms with Crippen molar-refractivity contribution in [1.29, 1.82) is 0 Å². The molecular weight excluding hydrogens is 468 g/mol. The van der Waals surface area contributed by atoms with E-state index in [1.54, 1.807) is 30.3 Å². The zero-order chi connectivity index (χ0) is 25.1. The Morgan fingerprint density at radius 3 is 2.92 bits per heavy atom. The standard InChI is InChI=1S/C24H20N6O6/c31-22(7-5-16-4-6-20-21(11-16)36-15-35-20)25-8-9-29-23-19(12-27-29)24(32)28(14-26-23)13-17-2-1-3-18(10-17)30(33)34/h1-7,10-12,14H,8-9,13,15H2,(H,25,31)/b7-5-. The molecule has 0 spiro atoms. The quantitative estimate of drug-likeness (QED) is 0.226. The Hall–Kier alpha value is -5.00. The number of amides is 1. The minimum absolute atomic E-state index is 0.0461. The van der Waals surface area contributed by atoms with Gasteiger partial charge in [0.25, 0.3) is 11.2 Å². The molecule has 0 saturated heterocycles. The summed E-state index contributed by atoms with van der Waals surface area (Å²) in [4.78, 5) is 39.9. The van der Waals surface area contributed by atoms with Crippen LogP contribution in [0.2, 0.25) is 0 Å². The van der Waals surface area contributed by atoms with Crippen LogP contribution in [-0.2, 0) is 17.9 Å². The molecule has 0 aliphatic carbocycles. The number of nitrogens with one attached hydrogen (secondary N) is 1. The van der Waals surface area contributed by atoms with Crippen molar-refractivity contribution in [1.82, 2.24) is 24.6 Å². The van der Waals surface area contributed by atoms with Gasteiger partial charge in [-0.2, -0.15) is 5.10 Å². The van der Waals surface area contributed by atoms with Gasteiger partial charge < -0.3 is 14.8 Å². The zero-order valence-corrected chi connectivity index (χ0v) is 18.9. The first-order valence-corrected chi connectivity index (χ1v) is 11.0. The van der Waals surface area contributed by atoms with Crippen molar-refractivity contribution in [2.75, 3.05) is 13.3 Å². The second-order valence-corrected chi connectivity index (χ2v) is 7.95. The van der Waals surface area contributed by atoms with Crippen LogP contribution >= 0.6 is 0 Å². The Balaban J connectivity index is 1.21. The first-order chi connectivity index (χ1) is 17.5. The van der Waals surface area contributed by atoms with Gasteiger partial charge in [-0.1, -0.05) is 18.2 Å². The normalized spacial score (nSPS) is 12.3. The molecule has 1 amide bonds. The van der Waals surface area contributed by atoms with Crippen molar-refractivity contribution >= 4 is 28.7 Å². The fourth-order valence-corrected chi connectivity index (χ4v) is 3.77. The molecule has 2 aromatic carbocycles. The lowest BCUT2D eigenvalue weighted by molar-refractivity contribution is -0.384. The maximum Gasteiger partial charge on any atom is 0.269 e. The number of hydrogen-bond donors (Lipinski definition) is 1. The third-order valence-electron chi connectivity index (χ3n) is 5.54. The summed E-state index contributed by atoms with van der Waals surface area (Å²) in [5, 5.41) is 18.3. The molecule has 12 nitrogen and oxygen atoms in total. The van der Waals surface area contributed by atoms with E-state index in [0.29, 0.717) is 34.6 Å². The van der Waals surface area contributed by atoms with Crippen molar-refractivity contribution in [3.05, 3.63) is 92.7 Å². The van der Waals surface area contributed by atoms with Crippen molar-refractivity contribution in [3.63, 3.8) is 0 Å². The average Bonchev–Trinajstić information content (AvgIpc) is 3.52. The fourth-order valence-electron chi connectivity index (χ4n) is 3.77. The number of fused-ring (bicyclic) bond motifs is 2. The zero-order valence-electron chi connectivity index (χ0n) is 18.9. The number of nitro benzene ring substituents is 1. The van der Waals surface area contributed by atoms with Crippen LogP contribution in [0.5, 0.6) is 11.5 Å². The summed E-state index contributed by atoms with van der Waals surface area (Å²) >= 11 is 0. The third-order valence-corrected chi connectivity index (χ3v) is 5.54. The van der Waals surface area contributed by atoms with Gasteiger partial charge in [-0.3, -0.25) is 24.3 Å².